The van der Waals surface area contributed by atoms with Crippen molar-refractivity contribution in [1.29, 1.82) is 0 Å². The van der Waals surface area contributed by atoms with Crippen LogP contribution in [0.5, 0.6) is 0 Å². The molecule has 4 amide bonds. The van der Waals surface area contributed by atoms with E-state index in [0.717, 1.165) is 41.6 Å². The summed E-state index contributed by atoms with van der Waals surface area (Å²) in [6.07, 6.45) is 1.85. The number of fused-ring (bicyclic) bond motifs is 1. The summed E-state index contributed by atoms with van der Waals surface area (Å²) in [5, 5.41) is 2.75. The van der Waals surface area contributed by atoms with E-state index >= 15 is 0 Å². The van der Waals surface area contributed by atoms with Gasteiger partial charge in [-0.15, -0.1) is 0 Å². The lowest BCUT2D eigenvalue weighted by Crippen LogP contribution is -2.54. The Morgan fingerprint density at radius 3 is 2.70 bits per heavy atom. The summed E-state index contributed by atoms with van der Waals surface area (Å²) < 4.78 is 28.1. The average Bonchev–Trinajstić information content (AvgIpc) is 3.56. The van der Waals surface area contributed by atoms with E-state index < -0.39 is 35.4 Å². The zero-order valence-corrected chi connectivity index (χ0v) is 17.0. The minimum atomic E-state index is -0.883. The van der Waals surface area contributed by atoms with E-state index in [4.69, 9.17) is 0 Å². The van der Waals surface area contributed by atoms with Crippen LogP contribution >= 0.6 is 11.8 Å². The van der Waals surface area contributed by atoms with Crippen molar-refractivity contribution < 1.29 is 27.7 Å². The number of urea groups is 1. The first-order chi connectivity index (χ1) is 14.3. The fourth-order valence-corrected chi connectivity index (χ4v) is 4.03. The number of amidine groups is 2. The number of nitrogens with zero attached hydrogens (tertiary/aromatic N) is 4. The summed E-state index contributed by atoms with van der Waals surface area (Å²) in [7, 11) is 2.92. The van der Waals surface area contributed by atoms with Gasteiger partial charge in [0, 0.05) is 12.0 Å². The first kappa shape index (κ1) is 20.3. The van der Waals surface area contributed by atoms with Gasteiger partial charge < -0.3 is 5.32 Å². The lowest BCUT2D eigenvalue weighted by molar-refractivity contribution is -0.407. The number of imide groups is 1. The molecule has 0 aromatic heterocycles. The molecule has 1 N–H and O–H groups in total. The molecule has 2 aliphatic heterocycles. The van der Waals surface area contributed by atoms with Crippen LogP contribution < -0.4 is 5.32 Å². The van der Waals surface area contributed by atoms with Crippen LogP contribution in [0.2, 0.25) is 0 Å². The summed E-state index contributed by atoms with van der Waals surface area (Å²) in [4.78, 5) is 47.3. The first-order valence-corrected chi connectivity index (χ1v) is 10.2. The monoisotopic (exact) mass is 434 g/mol. The number of anilines is 1. The summed E-state index contributed by atoms with van der Waals surface area (Å²) in [5.74, 6) is -2.63. The van der Waals surface area contributed by atoms with E-state index in [2.05, 4.69) is 15.3 Å². The number of amides is 4. The Kier molecular flexibility index (Phi) is 5.22. The molecule has 0 bridgehead atoms. The molecule has 4 rings (SSSR count). The van der Waals surface area contributed by atoms with Crippen LogP contribution in [0.25, 0.3) is 0 Å². The number of halogens is 2. The third-order valence-corrected chi connectivity index (χ3v) is 5.98. The van der Waals surface area contributed by atoms with Crippen molar-refractivity contribution in [2.24, 2.45) is 21.8 Å². The molecule has 156 valence electrons. The van der Waals surface area contributed by atoms with Crippen LogP contribution in [0, 0.1) is 23.5 Å². The highest BCUT2D eigenvalue weighted by Gasteiger charge is 2.50. The number of carbonyl (C=O) groups is 3. The largest absolute Gasteiger partial charge is 0.445 e. The van der Waals surface area contributed by atoms with Gasteiger partial charge >= 0.3 is 11.9 Å². The molecule has 1 aromatic rings. The highest BCUT2D eigenvalue weighted by atomic mass is 32.2. The number of hydrogen-bond acceptors (Lipinski definition) is 6. The number of benzene rings is 1. The second-order valence-corrected chi connectivity index (χ2v) is 8.18. The van der Waals surface area contributed by atoms with Crippen molar-refractivity contribution in [1.82, 2.24) is 4.90 Å². The Bertz CT molecular complexity index is 1060. The Labute approximate surface area is 174 Å². The van der Waals surface area contributed by atoms with E-state index in [0.29, 0.717) is 22.8 Å². The van der Waals surface area contributed by atoms with Gasteiger partial charge in [-0.3, -0.25) is 9.59 Å². The minimum Gasteiger partial charge on any atom is -0.323 e. The van der Waals surface area contributed by atoms with E-state index in [1.807, 2.05) is 0 Å². The number of aliphatic imine (C=N–C) groups is 2. The maximum Gasteiger partial charge on any atom is 0.445 e. The molecule has 1 fully saturated rings. The Morgan fingerprint density at radius 2 is 2.03 bits per heavy atom. The van der Waals surface area contributed by atoms with Gasteiger partial charge in [0.2, 0.25) is 11.7 Å². The van der Waals surface area contributed by atoms with Crippen LogP contribution in [0.15, 0.2) is 28.2 Å². The number of carbonyl (C=O) groups excluding carboxylic acids is 3. The molecular weight excluding hydrogens is 416 g/mol. The van der Waals surface area contributed by atoms with Crippen molar-refractivity contribution >= 4 is 52.0 Å². The summed E-state index contributed by atoms with van der Waals surface area (Å²) >= 11 is 1.03. The molecule has 1 atom stereocenters. The smallest absolute Gasteiger partial charge is 0.323 e. The molecule has 8 nitrogen and oxygen atoms in total. The molecule has 1 aliphatic carbocycles. The van der Waals surface area contributed by atoms with Gasteiger partial charge in [-0.1, -0.05) is 16.8 Å². The maximum atomic E-state index is 13.8. The van der Waals surface area contributed by atoms with Crippen molar-refractivity contribution in [3.8, 4) is 0 Å². The maximum absolute atomic E-state index is 13.8. The molecule has 0 radical (unpaired) electrons. The Hall–Kier alpha value is -2.95. The van der Waals surface area contributed by atoms with Crippen molar-refractivity contribution in [2.75, 3.05) is 25.2 Å². The third-order valence-electron chi connectivity index (χ3n) is 4.95. The van der Waals surface area contributed by atoms with Gasteiger partial charge in [0.25, 0.3) is 5.84 Å². The SMILES string of the molecule is CN1C(=O)C2C(SCC(=O)Nc3ccc(F)cc3F)=NC(C3CC3)=NC2=[N+](C)C1=O. The first-order valence-electron chi connectivity index (χ1n) is 9.23. The fourth-order valence-electron chi connectivity index (χ4n) is 3.15. The standard InChI is InChI=1S/C19H17F2N5O3S/c1-25-16-14(18(28)26(2)19(25)29)17(24-15(23-16)9-3-4-9)30-8-13(27)22-12-6-5-10(20)7-11(12)21/h5-7,9,14H,3-4,8H2,1-2H3/p+1. The third kappa shape index (κ3) is 3.76. The molecular formula is C19H18F2N5O3S+. The molecule has 3 aliphatic rings. The predicted octanol–water partition coefficient (Wildman–Crippen LogP) is 2.11. The van der Waals surface area contributed by atoms with Crippen LogP contribution in [-0.2, 0) is 9.59 Å². The molecule has 11 heteroatoms. The molecule has 2 heterocycles. The summed E-state index contributed by atoms with van der Waals surface area (Å²) in [6, 6.07) is 2.37. The fraction of sp³-hybridized carbons (Fsp3) is 0.368. The Morgan fingerprint density at radius 1 is 1.30 bits per heavy atom. The molecule has 0 saturated heterocycles. The van der Waals surface area contributed by atoms with E-state index in [1.165, 1.54) is 11.6 Å². The van der Waals surface area contributed by atoms with E-state index in [9.17, 15) is 23.2 Å². The molecule has 0 spiro atoms. The van der Waals surface area contributed by atoms with E-state index in [-0.39, 0.29) is 17.4 Å². The lowest BCUT2D eigenvalue weighted by Gasteiger charge is -2.26. The lowest BCUT2D eigenvalue weighted by atomic mass is 10.0. The van der Waals surface area contributed by atoms with Crippen molar-refractivity contribution in [2.45, 2.75) is 12.8 Å². The van der Waals surface area contributed by atoms with Crippen LogP contribution in [0.4, 0.5) is 19.3 Å². The quantitative estimate of drug-likeness (QED) is 0.735. The Balaban J connectivity index is 1.55. The van der Waals surface area contributed by atoms with Crippen LogP contribution in [0.3, 0.4) is 0 Å². The van der Waals surface area contributed by atoms with E-state index in [1.54, 1.807) is 7.05 Å². The van der Waals surface area contributed by atoms with Crippen molar-refractivity contribution in [3.05, 3.63) is 29.8 Å². The van der Waals surface area contributed by atoms with Gasteiger partial charge in [0.15, 0.2) is 5.92 Å². The summed E-state index contributed by atoms with van der Waals surface area (Å²) in [6.45, 7) is 0. The molecule has 1 unspecified atom stereocenters. The number of hydrogen-bond donors (Lipinski definition) is 1. The van der Waals surface area contributed by atoms with Gasteiger partial charge in [-0.05, 0) is 25.0 Å². The second kappa shape index (κ2) is 7.71. The zero-order chi connectivity index (χ0) is 21.6. The number of rotatable bonds is 4. The molecule has 1 aromatic carbocycles. The molecule has 1 saturated carbocycles. The van der Waals surface area contributed by atoms with Gasteiger partial charge in [-0.2, -0.15) is 9.48 Å². The van der Waals surface area contributed by atoms with Gasteiger partial charge in [0.1, 0.15) is 16.7 Å². The highest BCUT2D eigenvalue weighted by molar-refractivity contribution is 8.14. The second-order valence-electron chi connectivity index (χ2n) is 7.19. The zero-order valence-electron chi connectivity index (χ0n) is 16.2. The van der Waals surface area contributed by atoms with Crippen LogP contribution in [0.1, 0.15) is 12.8 Å². The highest BCUT2D eigenvalue weighted by Crippen LogP contribution is 2.35. The normalized spacial score (nSPS) is 21.3. The molecule has 30 heavy (non-hydrogen) atoms. The topological polar surface area (TPSA) is 94.2 Å². The van der Waals surface area contributed by atoms with Crippen LogP contribution in [-0.4, -0.2) is 63.9 Å². The van der Waals surface area contributed by atoms with Gasteiger partial charge in [-0.25, -0.2) is 18.6 Å². The number of nitrogens with one attached hydrogen (secondary N) is 1. The van der Waals surface area contributed by atoms with Gasteiger partial charge in [0.05, 0.1) is 25.5 Å². The minimum absolute atomic E-state index is 0.140. The number of thioether (sulfide) groups is 1. The predicted molar refractivity (Wildman–Crippen MR) is 108 cm³/mol. The van der Waals surface area contributed by atoms with Crippen molar-refractivity contribution in [3.63, 3.8) is 0 Å². The average molecular weight is 434 g/mol. The summed E-state index contributed by atoms with van der Waals surface area (Å²) in [5.41, 5.74) is -0.140.